The standard InChI is InChI=1S/C25H24N2O3S/c1-30-19-7-10-23-17(14-19)13-18(15-31-23)26-25(29)20-11-12-27-21(20)8-9-22(27)24(28)16-5-3-2-4-6-16/h2-10,14,18,20H,11-13,15H2,1H3,(H,26,29). The van der Waals surface area contributed by atoms with Crippen LogP contribution in [0.3, 0.4) is 0 Å². The second kappa shape index (κ2) is 8.27. The number of thioether (sulfide) groups is 1. The van der Waals surface area contributed by atoms with Crippen molar-refractivity contribution < 1.29 is 14.3 Å². The van der Waals surface area contributed by atoms with E-state index in [2.05, 4.69) is 17.4 Å². The fourth-order valence-corrected chi connectivity index (χ4v) is 5.61. The third-order valence-corrected chi connectivity index (χ3v) is 7.40. The van der Waals surface area contributed by atoms with Crippen LogP contribution in [0.2, 0.25) is 0 Å². The van der Waals surface area contributed by atoms with Gasteiger partial charge < -0.3 is 14.6 Å². The monoisotopic (exact) mass is 432 g/mol. The topological polar surface area (TPSA) is 60.3 Å². The normalized spacial score (nSPS) is 19.4. The Morgan fingerprint density at radius 3 is 2.74 bits per heavy atom. The van der Waals surface area contributed by atoms with Gasteiger partial charge in [0, 0.05) is 34.5 Å². The molecule has 0 radical (unpaired) electrons. The summed E-state index contributed by atoms with van der Waals surface area (Å²) in [4.78, 5) is 27.3. The predicted octanol–water partition coefficient (Wildman–Crippen LogP) is 4.05. The fraction of sp³-hybridized carbons (Fsp3) is 0.280. The Hall–Kier alpha value is -2.99. The van der Waals surface area contributed by atoms with Gasteiger partial charge in [0.1, 0.15) is 5.75 Å². The van der Waals surface area contributed by atoms with E-state index in [1.165, 1.54) is 10.5 Å². The molecule has 2 aliphatic heterocycles. The number of ether oxygens (including phenoxy) is 1. The lowest BCUT2D eigenvalue weighted by atomic mass is 10.0. The maximum Gasteiger partial charge on any atom is 0.229 e. The van der Waals surface area contributed by atoms with Gasteiger partial charge >= 0.3 is 0 Å². The zero-order valence-corrected chi connectivity index (χ0v) is 18.2. The molecule has 2 aliphatic rings. The Labute approximate surface area is 185 Å². The number of carbonyl (C=O) groups excluding carboxylic acids is 2. The summed E-state index contributed by atoms with van der Waals surface area (Å²) in [5.74, 6) is 1.54. The third kappa shape index (κ3) is 3.76. The van der Waals surface area contributed by atoms with Crippen LogP contribution in [0.1, 0.15) is 39.6 Å². The molecule has 1 aromatic heterocycles. The Kier molecular flexibility index (Phi) is 5.32. The summed E-state index contributed by atoms with van der Waals surface area (Å²) in [5.41, 5.74) is 3.48. The first kappa shape index (κ1) is 19.9. The number of nitrogens with one attached hydrogen (secondary N) is 1. The second-order valence-corrected chi connectivity index (χ2v) is 9.09. The minimum Gasteiger partial charge on any atom is -0.497 e. The minimum atomic E-state index is -0.214. The molecule has 31 heavy (non-hydrogen) atoms. The Balaban J connectivity index is 1.29. The zero-order valence-electron chi connectivity index (χ0n) is 17.3. The summed E-state index contributed by atoms with van der Waals surface area (Å²) < 4.78 is 7.35. The molecular formula is C25H24N2O3S. The summed E-state index contributed by atoms with van der Waals surface area (Å²) in [6.07, 6.45) is 1.53. The molecule has 5 rings (SSSR count). The highest BCUT2D eigenvalue weighted by atomic mass is 32.2. The Bertz CT molecular complexity index is 1140. The molecule has 1 N–H and O–H groups in total. The SMILES string of the molecule is COc1ccc2c(c1)CC(NC(=O)C1CCn3c(C(=O)c4ccccc4)ccc31)CS2. The van der Waals surface area contributed by atoms with Gasteiger partial charge in [-0.1, -0.05) is 30.3 Å². The van der Waals surface area contributed by atoms with Crippen molar-refractivity contribution in [3.63, 3.8) is 0 Å². The van der Waals surface area contributed by atoms with Gasteiger partial charge in [0.25, 0.3) is 0 Å². The lowest BCUT2D eigenvalue weighted by Crippen LogP contribution is -2.41. The van der Waals surface area contributed by atoms with Crippen LogP contribution < -0.4 is 10.1 Å². The van der Waals surface area contributed by atoms with Gasteiger partial charge in [-0.15, -0.1) is 11.8 Å². The van der Waals surface area contributed by atoms with Crippen molar-refractivity contribution in [3.05, 3.63) is 83.2 Å². The van der Waals surface area contributed by atoms with Crippen LogP contribution in [0, 0.1) is 0 Å². The van der Waals surface area contributed by atoms with E-state index < -0.39 is 0 Å². The van der Waals surface area contributed by atoms with E-state index in [9.17, 15) is 9.59 Å². The number of benzene rings is 2. The molecule has 0 aliphatic carbocycles. The highest BCUT2D eigenvalue weighted by Crippen LogP contribution is 2.34. The smallest absolute Gasteiger partial charge is 0.229 e. The number of hydrogen-bond donors (Lipinski definition) is 1. The van der Waals surface area contributed by atoms with E-state index in [4.69, 9.17) is 4.74 Å². The van der Waals surface area contributed by atoms with Crippen LogP contribution in [0.25, 0.3) is 0 Å². The van der Waals surface area contributed by atoms with Crippen molar-refractivity contribution in [2.45, 2.75) is 36.2 Å². The molecular weight excluding hydrogens is 408 g/mol. The van der Waals surface area contributed by atoms with E-state index in [0.717, 1.165) is 30.0 Å². The number of rotatable bonds is 5. The minimum absolute atomic E-state index is 0.00198. The highest BCUT2D eigenvalue weighted by Gasteiger charge is 2.33. The lowest BCUT2D eigenvalue weighted by Gasteiger charge is -2.26. The molecule has 158 valence electrons. The number of fused-ring (bicyclic) bond motifs is 2. The van der Waals surface area contributed by atoms with E-state index in [1.807, 2.05) is 53.1 Å². The number of ketones is 1. The molecule has 0 saturated carbocycles. The van der Waals surface area contributed by atoms with E-state index in [1.54, 1.807) is 18.9 Å². The lowest BCUT2D eigenvalue weighted by molar-refractivity contribution is -0.123. The first-order valence-electron chi connectivity index (χ1n) is 10.5. The van der Waals surface area contributed by atoms with Crippen LogP contribution in [-0.2, 0) is 17.8 Å². The summed E-state index contributed by atoms with van der Waals surface area (Å²) >= 11 is 1.77. The number of amides is 1. The molecule has 0 fully saturated rings. The first-order valence-corrected chi connectivity index (χ1v) is 11.5. The quantitative estimate of drug-likeness (QED) is 0.618. The van der Waals surface area contributed by atoms with Crippen LogP contribution in [0.15, 0.2) is 65.6 Å². The van der Waals surface area contributed by atoms with Crippen molar-refractivity contribution in [1.82, 2.24) is 9.88 Å². The summed E-state index contributed by atoms with van der Waals surface area (Å²) in [6.45, 7) is 0.688. The molecule has 0 spiro atoms. The maximum atomic E-state index is 13.1. The molecule has 1 amide bonds. The van der Waals surface area contributed by atoms with Crippen LogP contribution in [-0.4, -0.2) is 35.2 Å². The fourth-order valence-electron chi connectivity index (χ4n) is 4.54. The molecule has 0 bridgehead atoms. The molecule has 3 aromatic rings. The number of nitrogens with zero attached hydrogens (tertiary/aromatic N) is 1. The summed E-state index contributed by atoms with van der Waals surface area (Å²) in [7, 11) is 1.67. The number of hydrogen-bond acceptors (Lipinski definition) is 4. The van der Waals surface area contributed by atoms with Gasteiger partial charge in [-0.2, -0.15) is 0 Å². The van der Waals surface area contributed by atoms with Crippen LogP contribution in [0.4, 0.5) is 0 Å². The van der Waals surface area contributed by atoms with E-state index >= 15 is 0 Å². The Morgan fingerprint density at radius 1 is 1.10 bits per heavy atom. The van der Waals surface area contributed by atoms with Gasteiger partial charge in [0.15, 0.2) is 0 Å². The van der Waals surface area contributed by atoms with Crippen LogP contribution >= 0.6 is 11.8 Å². The van der Waals surface area contributed by atoms with Crippen molar-refractivity contribution in [2.75, 3.05) is 12.9 Å². The van der Waals surface area contributed by atoms with E-state index in [0.29, 0.717) is 17.8 Å². The van der Waals surface area contributed by atoms with Gasteiger partial charge in [-0.25, -0.2) is 0 Å². The molecule has 6 heteroatoms. The molecule has 0 saturated heterocycles. The zero-order chi connectivity index (χ0) is 21.4. The molecule has 2 atom stereocenters. The molecule has 5 nitrogen and oxygen atoms in total. The third-order valence-electron chi connectivity index (χ3n) is 6.12. The van der Waals surface area contributed by atoms with Crippen molar-refractivity contribution in [1.29, 1.82) is 0 Å². The predicted molar refractivity (Wildman–Crippen MR) is 121 cm³/mol. The van der Waals surface area contributed by atoms with E-state index in [-0.39, 0.29) is 23.7 Å². The van der Waals surface area contributed by atoms with Gasteiger partial charge in [-0.05, 0) is 48.7 Å². The second-order valence-electron chi connectivity index (χ2n) is 8.03. The maximum absolute atomic E-state index is 13.1. The van der Waals surface area contributed by atoms with Crippen molar-refractivity contribution in [2.24, 2.45) is 0 Å². The van der Waals surface area contributed by atoms with Crippen LogP contribution in [0.5, 0.6) is 5.75 Å². The Morgan fingerprint density at radius 2 is 1.94 bits per heavy atom. The average molecular weight is 433 g/mol. The van der Waals surface area contributed by atoms with Crippen molar-refractivity contribution >= 4 is 23.5 Å². The molecule has 2 unspecified atom stereocenters. The largest absolute Gasteiger partial charge is 0.497 e. The van der Waals surface area contributed by atoms with Crippen molar-refractivity contribution in [3.8, 4) is 5.75 Å². The molecule has 3 heterocycles. The summed E-state index contributed by atoms with van der Waals surface area (Å²) in [5, 5.41) is 3.25. The number of methoxy groups -OCH3 is 1. The van der Waals surface area contributed by atoms with Gasteiger partial charge in [-0.3, -0.25) is 9.59 Å². The van der Waals surface area contributed by atoms with Gasteiger partial charge in [0.05, 0.1) is 18.7 Å². The number of aromatic nitrogens is 1. The molecule has 2 aromatic carbocycles. The van der Waals surface area contributed by atoms with Gasteiger partial charge in [0.2, 0.25) is 11.7 Å². The average Bonchev–Trinajstić information content (AvgIpc) is 3.41. The first-order chi connectivity index (χ1) is 15.1. The highest BCUT2D eigenvalue weighted by molar-refractivity contribution is 7.99. The summed E-state index contributed by atoms with van der Waals surface area (Å²) in [6, 6.07) is 19.3. The number of carbonyl (C=O) groups is 2.